The van der Waals surface area contributed by atoms with E-state index in [1.54, 1.807) is 37.4 Å². The summed E-state index contributed by atoms with van der Waals surface area (Å²) in [7, 11) is 0. The summed E-state index contributed by atoms with van der Waals surface area (Å²) in [5.41, 5.74) is 2.49. The first-order chi connectivity index (χ1) is 14.4. The van der Waals surface area contributed by atoms with Gasteiger partial charge in [-0.15, -0.1) is 0 Å². The number of imidazole rings is 1. The molecule has 0 aliphatic heterocycles. The van der Waals surface area contributed by atoms with E-state index in [2.05, 4.69) is 57.3 Å². The predicted molar refractivity (Wildman–Crippen MR) is 122 cm³/mol. The highest BCUT2D eigenvalue weighted by atomic mass is 16.5. The summed E-state index contributed by atoms with van der Waals surface area (Å²) >= 11 is 0. The molecular formula is C23H31N5O3. The molecule has 2 heterocycles. The van der Waals surface area contributed by atoms with Crippen LogP contribution in [0.25, 0.3) is 5.65 Å². The van der Waals surface area contributed by atoms with Gasteiger partial charge in [0.1, 0.15) is 5.56 Å². The Morgan fingerprint density at radius 1 is 1.10 bits per heavy atom. The van der Waals surface area contributed by atoms with E-state index in [-0.39, 0.29) is 16.9 Å². The summed E-state index contributed by atoms with van der Waals surface area (Å²) in [4.78, 5) is 29.6. The molecule has 0 radical (unpaired) electrons. The third-order valence-corrected chi connectivity index (χ3v) is 4.56. The Morgan fingerprint density at radius 3 is 2.29 bits per heavy atom. The Bertz CT molecular complexity index is 1100. The van der Waals surface area contributed by atoms with Gasteiger partial charge in [0, 0.05) is 22.8 Å². The van der Waals surface area contributed by atoms with Crippen LogP contribution in [0.4, 0.5) is 11.5 Å². The van der Waals surface area contributed by atoms with Crippen molar-refractivity contribution in [2.75, 3.05) is 17.2 Å². The van der Waals surface area contributed by atoms with Gasteiger partial charge in [-0.25, -0.2) is 14.3 Å². The molecular weight excluding hydrogens is 394 g/mol. The monoisotopic (exact) mass is 425 g/mol. The third-order valence-electron chi connectivity index (χ3n) is 4.56. The first kappa shape index (κ1) is 22.4. The highest BCUT2D eigenvalue weighted by Crippen LogP contribution is 2.32. The van der Waals surface area contributed by atoms with Gasteiger partial charge in [0.15, 0.2) is 11.5 Å². The van der Waals surface area contributed by atoms with Crippen LogP contribution in [0.1, 0.15) is 74.9 Å². The van der Waals surface area contributed by atoms with Gasteiger partial charge in [-0.3, -0.25) is 9.89 Å². The molecule has 0 bridgehead atoms. The number of carbonyl (C=O) groups excluding carboxylic acids is 2. The van der Waals surface area contributed by atoms with Crippen molar-refractivity contribution in [3.63, 3.8) is 0 Å². The second-order valence-corrected chi connectivity index (χ2v) is 9.53. The van der Waals surface area contributed by atoms with Crippen molar-refractivity contribution in [1.29, 1.82) is 0 Å². The smallest absolute Gasteiger partial charge is 0.338 e. The highest BCUT2D eigenvalue weighted by molar-refractivity contribution is 6.08. The molecule has 1 aromatic carbocycles. The van der Waals surface area contributed by atoms with Crippen LogP contribution in [0.3, 0.4) is 0 Å². The fourth-order valence-corrected chi connectivity index (χ4v) is 3.18. The van der Waals surface area contributed by atoms with Crippen molar-refractivity contribution in [1.82, 2.24) is 14.6 Å². The van der Waals surface area contributed by atoms with E-state index in [9.17, 15) is 9.59 Å². The van der Waals surface area contributed by atoms with Crippen LogP contribution in [0, 0.1) is 0 Å². The summed E-state index contributed by atoms with van der Waals surface area (Å²) in [5, 5.41) is 9.51. The Balaban J connectivity index is 1.91. The topological polar surface area (TPSA) is 101 Å². The number of carbonyl (C=O) groups is 2. The van der Waals surface area contributed by atoms with Crippen LogP contribution in [-0.4, -0.2) is 38.6 Å². The number of H-pyrrole nitrogens is 1. The molecule has 0 aliphatic rings. The van der Waals surface area contributed by atoms with Crippen molar-refractivity contribution in [2.24, 2.45) is 0 Å². The van der Waals surface area contributed by atoms with Crippen molar-refractivity contribution in [3.8, 4) is 0 Å². The second-order valence-electron chi connectivity index (χ2n) is 9.53. The fourth-order valence-electron chi connectivity index (χ4n) is 3.18. The average molecular weight is 426 g/mol. The number of esters is 1. The molecule has 0 spiro atoms. The number of anilines is 2. The molecule has 2 aromatic heterocycles. The van der Waals surface area contributed by atoms with Gasteiger partial charge in [0.2, 0.25) is 0 Å². The SMILES string of the molecule is CCOC(=O)c1ccc(NC(=O)c2c[nH]n3c(NC(C)(C)C)c(C(C)(C)C)nc23)cc1. The van der Waals surface area contributed by atoms with E-state index in [0.29, 0.717) is 29.1 Å². The molecule has 31 heavy (non-hydrogen) atoms. The Morgan fingerprint density at radius 2 is 1.74 bits per heavy atom. The molecule has 0 saturated carbocycles. The number of ether oxygens (including phenoxy) is 1. The van der Waals surface area contributed by atoms with Crippen LogP contribution in [0.15, 0.2) is 30.5 Å². The van der Waals surface area contributed by atoms with Gasteiger partial charge in [-0.2, -0.15) is 0 Å². The van der Waals surface area contributed by atoms with E-state index in [4.69, 9.17) is 9.72 Å². The fraction of sp³-hybridized carbons (Fsp3) is 0.435. The molecule has 0 fully saturated rings. The van der Waals surface area contributed by atoms with Crippen molar-refractivity contribution in [3.05, 3.63) is 47.3 Å². The number of aromatic nitrogens is 3. The van der Waals surface area contributed by atoms with Crippen LogP contribution in [0.5, 0.6) is 0 Å². The number of aromatic amines is 1. The van der Waals surface area contributed by atoms with Gasteiger partial charge in [0.25, 0.3) is 5.91 Å². The maximum absolute atomic E-state index is 13.0. The Hall–Kier alpha value is -3.29. The van der Waals surface area contributed by atoms with Gasteiger partial charge >= 0.3 is 5.97 Å². The normalized spacial score (nSPS) is 12.1. The van der Waals surface area contributed by atoms with Gasteiger partial charge in [-0.1, -0.05) is 20.8 Å². The van der Waals surface area contributed by atoms with E-state index < -0.39 is 5.97 Å². The number of nitrogens with one attached hydrogen (secondary N) is 3. The molecule has 1 amide bonds. The number of fused-ring (bicyclic) bond motifs is 1. The molecule has 0 aliphatic carbocycles. The van der Waals surface area contributed by atoms with Crippen molar-refractivity contribution < 1.29 is 14.3 Å². The standard InChI is InChI=1S/C23H31N5O3/c1-8-31-21(30)14-9-11-15(12-10-14)25-20(29)16-13-24-28-18(16)26-17(22(2,3)4)19(28)27-23(5,6)7/h9-13,24,27H,8H2,1-7H3,(H,25,29). The number of hydrogen-bond donors (Lipinski definition) is 3. The molecule has 3 rings (SSSR count). The van der Waals surface area contributed by atoms with Gasteiger partial charge in [-0.05, 0) is 52.0 Å². The van der Waals surface area contributed by atoms with E-state index in [1.807, 2.05) is 4.52 Å². The lowest BCUT2D eigenvalue weighted by Gasteiger charge is -2.25. The maximum atomic E-state index is 13.0. The number of rotatable bonds is 5. The first-order valence-corrected chi connectivity index (χ1v) is 10.4. The summed E-state index contributed by atoms with van der Waals surface area (Å²) < 4.78 is 6.79. The van der Waals surface area contributed by atoms with E-state index >= 15 is 0 Å². The summed E-state index contributed by atoms with van der Waals surface area (Å²) in [6.45, 7) is 14.6. The highest BCUT2D eigenvalue weighted by Gasteiger charge is 2.29. The van der Waals surface area contributed by atoms with Crippen LogP contribution in [-0.2, 0) is 10.2 Å². The minimum atomic E-state index is -0.390. The summed E-state index contributed by atoms with van der Waals surface area (Å²) in [5.74, 6) is 0.162. The predicted octanol–water partition coefficient (Wildman–Crippen LogP) is 4.60. The first-order valence-electron chi connectivity index (χ1n) is 10.4. The summed E-state index contributed by atoms with van der Waals surface area (Å²) in [6.07, 6.45) is 1.64. The zero-order chi connectivity index (χ0) is 23.0. The van der Waals surface area contributed by atoms with Gasteiger partial charge in [0.05, 0.1) is 17.9 Å². The minimum absolute atomic E-state index is 0.176. The lowest BCUT2D eigenvalue weighted by atomic mass is 9.91. The van der Waals surface area contributed by atoms with Gasteiger partial charge < -0.3 is 15.4 Å². The quantitative estimate of drug-likeness (QED) is 0.519. The molecule has 8 heteroatoms. The largest absolute Gasteiger partial charge is 0.462 e. The lowest BCUT2D eigenvalue weighted by molar-refractivity contribution is 0.0526. The van der Waals surface area contributed by atoms with Crippen molar-refractivity contribution in [2.45, 2.75) is 59.4 Å². The third kappa shape index (κ3) is 4.90. The second kappa shape index (κ2) is 8.09. The van der Waals surface area contributed by atoms with E-state index in [1.165, 1.54) is 0 Å². The number of hydrogen-bond acceptors (Lipinski definition) is 5. The number of benzene rings is 1. The molecule has 0 atom stereocenters. The average Bonchev–Trinajstić information content (AvgIpc) is 3.21. The molecule has 3 aromatic rings. The van der Waals surface area contributed by atoms with Crippen molar-refractivity contribution >= 4 is 29.0 Å². The molecule has 8 nitrogen and oxygen atoms in total. The lowest BCUT2D eigenvalue weighted by Crippen LogP contribution is -2.29. The van der Waals surface area contributed by atoms with Crippen LogP contribution < -0.4 is 10.6 Å². The zero-order valence-corrected chi connectivity index (χ0v) is 19.2. The number of amides is 1. The minimum Gasteiger partial charge on any atom is -0.462 e. The zero-order valence-electron chi connectivity index (χ0n) is 19.2. The molecule has 3 N–H and O–H groups in total. The van der Waals surface area contributed by atoms with E-state index in [0.717, 1.165) is 11.5 Å². The maximum Gasteiger partial charge on any atom is 0.338 e. The van der Waals surface area contributed by atoms with Crippen LogP contribution in [0.2, 0.25) is 0 Å². The molecule has 0 saturated heterocycles. The number of nitrogens with zero attached hydrogens (tertiary/aromatic N) is 2. The Labute approximate surface area is 182 Å². The summed E-state index contributed by atoms with van der Waals surface area (Å²) in [6, 6.07) is 6.59. The Kier molecular flexibility index (Phi) is 5.85. The molecule has 166 valence electrons. The van der Waals surface area contributed by atoms with Crippen LogP contribution >= 0.6 is 0 Å². The molecule has 0 unspecified atom stereocenters.